The first kappa shape index (κ1) is 14.0. The Morgan fingerprint density at radius 3 is 2.89 bits per heavy atom. The summed E-state index contributed by atoms with van der Waals surface area (Å²) in [5, 5.41) is 19.5. The zero-order chi connectivity index (χ0) is 13.0. The topological polar surface area (TPSA) is 43.7 Å². The van der Waals surface area contributed by atoms with E-state index in [9.17, 15) is 10.2 Å². The highest BCUT2D eigenvalue weighted by atomic mass is 79.9. The van der Waals surface area contributed by atoms with Gasteiger partial charge < -0.3 is 15.1 Å². The number of hydrogen-bond acceptors (Lipinski definition) is 3. The van der Waals surface area contributed by atoms with Gasteiger partial charge in [0.15, 0.2) is 0 Å². The van der Waals surface area contributed by atoms with Crippen molar-refractivity contribution in [3.8, 4) is 0 Å². The average molecular weight is 314 g/mol. The number of nitrogens with zero attached hydrogens (tertiary/aromatic N) is 1. The minimum atomic E-state index is -0.474. The Morgan fingerprint density at radius 2 is 2.17 bits per heavy atom. The molecule has 4 heteroatoms. The molecule has 1 aliphatic rings. The van der Waals surface area contributed by atoms with Crippen molar-refractivity contribution in [2.24, 2.45) is 5.92 Å². The number of β-amino-alcohol motifs (C(OH)–C–C–N with tert-alkyl or cyclic N) is 1. The van der Waals surface area contributed by atoms with Crippen molar-refractivity contribution in [3.63, 3.8) is 0 Å². The van der Waals surface area contributed by atoms with Gasteiger partial charge in [-0.05, 0) is 36.9 Å². The first-order valence-corrected chi connectivity index (χ1v) is 7.25. The Morgan fingerprint density at radius 1 is 1.39 bits per heavy atom. The minimum Gasteiger partial charge on any atom is -0.396 e. The van der Waals surface area contributed by atoms with E-state index in [1.807, 2.05) is 24.3 Å². The summed E-state index contributed by atoms with van der Waals surface area (Å²) in [7, 11) is 0. The first-order chi connectivity index (χ1) is 8.70. The molecule has 1 heterocycles. The Bertz CT molecular complexity index is 386. The smallest absolute Gasteiger partial charge is 0.0927 e. The van der Waals surface area contributed by atoms with Gasteiger partial charge in [-0.15, -0.1) is 0 Å². The molecule has 1 saturated heterocycles. The molecule has 3 nitrogen and oxygen atoms in total. The fourth-order valence-electron chi connectivity index (χ4n) is 2.55. The van der Waals surface area contributed by atoms with Crippen molar-refractivity contribution in [3.05, 3.63) is 34.3 Å². The van der Waals surface area contributed by atoms with E-state index in [0.717, 1.165) is 36.0 Å². The molecule has 100 valence electrons. The third kappa shape index (κ3) is 3.54. The van der Waals surface area contributed by atoms with Crippen molar-refractivity contribution >= 4 is 15.9 Å². The summed E-state index contributed by atoms with van der Waals surface area (Å²) in [6, 6.07) is 7.78. The second-order valence-electron chi connectivity index (χ2n) is 4.99. The Labute approximate surface area is 117 Å². The van der Waals surface area contributed by atoms with E-state index in [1.165, 1.54) is 0 Å². The van der Waals surface area contributed by atoms with Crippen LogP contribution in [0.15, 0.2) is 28.7 Å². The van der Waals surface area contributed by atoms with E-state index < -0.39 is 6.10 Å². The van der Waals surface area contributed by atoms with E-state index in [2.05, 4.69) is 20.8 Å². The van der Waals surface area contributed by atoms with Crippen LogP contribution in [0.3, 0.4) is 0 Å². The fraction of sp³-hybridized carbons (Fsp3) is 0.571. The Hall–Kier alpha value is -0.420. The number of rotatable bonds is 4. The molecule has 0 amide bonds. The molecule has 1 aromatic carbocycles. The van der Waals surface area contributed by atoms with Crippen LogP contribution in [-0.4, -0.2) is 41.4 Å². The molecule has 0 saturated carbocycles. The van der Waals surface area contributed by atoms with Crippen LogP contribution in [0.5, 0.6) is 0 Å². The van der Waals surface area contributed by atoms with Gasteiger partial charge in [-0.3, -0.25) is 0 Å². The SMILES string of the molecule is OC[C@H]1CCCN(C[C@@H](O)c2ccccc2Br)C1. The quantitative estimate of drug-likeness (QED) is 0.895. The molecule has 0 bridgehead atoms. The van der Waals surface area contributed by atoms with Gasteiger partial charge in [0.05, 0.1) is 6.10 Å². The minimum absolute atomic E-state index is 0.252. The Kier molecular flexibility index (Phi) is 5.18. The van der Waals surface area contributed by atoms with Crippen molar-refractivity contribution in [1.82, 2.24) is 4.90 Å². The van der Waals surface area contributed by atoms with Gasteiger partial charge in [0, 0.05) is 24.2 Å². The lowest BCUT2D eigenvalue weighted by Crippen LogP contribution is -2.39. The number of likely N-dealkylation sites (tertiary alicyclic amines) is 1. The maximum Gasteiger partial charge on any atom is 0.0927 e. The van der Waals surface area contributed by atoms with Crippen LogP contribution in [0, 0.1) is 5.92 Å². The van der Waals surface area contributed by atoms with Crippen LogP contribution < -0.4 is 0 Å². The van der Waals surface area contributed by atoms with E-state index in [0.29, 0.717) is 12.5 Å². The molecule has 18 heavy (non-hydrogen) atoms. The monoisotopic (exact) mass is 313 g/mol. The summed E-state index contributed by atoms with van der Waals surface area (Å²) in [4.78, 5) is 2.24. The molecule has 2 atom stereocenters. The molecule has 1 fully saturated rings. The molecule has 0 radical (unpaired) electrons. The van der Waals surface area contributed by atoms with Crippen LogP contribution in [0.25, 0.3) is 0 Å². The maximum atomic E-state index is 10.3. The molecule has 1 aliphatic heterocycles. The highest BCUT2D eigenvalue weighted by Crippen LogP contribution is 2.25. The highest BCUT2D eigenvalue weighted by Gasteiger charge is 2.22. The summed E-state index contributed by atoms with van der Waals surface area (Å²) in [5.74, 6) is 0.366. The molecular formula is C14H20BrNO2. The first-order valence-electron chi connectivity index (χ1n) is 6.46. The highest BCUT2D eigenvalue weighted by molar-refractivity contribution is 9.10. The number of halogens is 1. The molecule has 0 aromatic heterocycles. The van der Waals surface area contributed by atoms with Gasteiger partial charge in [-0.25, -0.2) is 0 Å². The standard InChI is InChI=1S/C14H20BrNO2/c15-13-6-2-1-5-12(13)14(18)9-16-7-3-4-11(8-16)10-17/h1-2,5-6,11,14,17-18H,3-4,7-10H2/t11-,14+/m0/s1. The third-order valence-corrected chi connectivity index (χ3v) is 4.28. The Balaban J connectivity index is 1.95. The van der Waals surface area contributed by atoms with Crippen LogP contribution in [-0.2, 0) is 0 Å². The molecule has 0 aliphatic carbocycles. The van der Waals surface area contributed by atoms with Gasteiger partial charge in [0.25, 0.3) is 0 Å². The maximum absolute atomic E-state index is 10.3. The number of hydrogen-bond donors (Lipinski definition) is 2. The largest absolute Gasteiger partial charge is 0.396 e. The summed E-state index contributed by atoms with van der Waals surface area (Å²) >= 11 is 3.47. The molecule has 0 unspecified atom stereocenters. The summed E-state index contributed by atoms with van der Waals surface area (Å²) in [6.07, 6.45) is 1.73. The summed E-state index contributed by atoms with van der Waals surface area (Å²) in [5.41, 5.74) is 0.934. The van der Waals surface area contributed by atoms with Crippen molar-refractivity contribution < 1.29 is 10.2 Å². The van der Waals surface area contributed by atoms with E-state index in [1.54, 1.807) is 0 Å². The predicted octanol–water partition coefficient (Wildman–Crippen LogP) is 2.19. The van der Waals surface area contributed by atoms with Crippen LogP contribution >= 0.6 is 15.9 Å². The number of benzene rings is 1. The number of piperidine rings is 1. The van der Waals surface area contributed by atoms with Gasteiger partial charge in [0.2, 0.25) is 0 Å². The van der Waals surface area contributed by atoms with E-state index >= 15 is 0 Å². The zero-order valence-corrected chi connectivity index (χ0v) is 12.0. The summed E-state index contributed by atoms with van der Waals surface area (Å²) < 4.78 is 0.952. The number of aliphatic hydroxyl groups excluding tert-OH is 2. The van der Waals surface area contributed by atoms with Crippen molar-refractivity contribution in [1.29, 1.82) is 0 Å². The van der Waals surface area contributed by atoms with Crippen LogP contribution in [0.2, 0.25) is 0 Å². The molecule has 0 spiro atoms. The van der Waals surface area contributed by atoms with Gasteiger partial charge >= 0.3 is 0 Å². The average Bonchev–Trinajstić information content (AvgIpc) is 2.39. The third-order valence-electron chi connectivity index (χ3n) is 3.56. The fourth-order valence-corrected chi connectivity index (χ4v) is 3.10. The van der Waals surface area contributed by atoms with Gasteiger partial charge in [-0.2, -0.15) is 0 Å². The summed E-state index contributed by atoms with van der Waals surface area (Å²) in [6.45, 7) is 2.79. The second-order valence-corrected chi connectivity index (χ2v) is 5.84. The van der Waals surface area contributed by atoms with Gasteiger partial charge in [-0.1, -0.05) is 34.1 Å². The predicted molar refractivity (Wildman–Crippen MR) is 75.4 cm³/mol. The molecule has 2 N–H and O–H groups in total. The second kappa shape index (κ2) is 6.66. The lowest BCUT2D eigenvalue weighted by atomic mass is 9.98. The van der Waals surface area contributed by atoms with Crippen molar-refractivity contribution in [2.45, 2.75) is 18.9 Å². The lowest BCUT2D eigenvalue weighted by Gasteiger charge is -2.33. The van der Waals surface area contributed by atoms with Crippen molar-refractivity contribution in [2.75, 3.05) is 26.2 Å². The van der Waals surface area contributed by atoms with Gasteiger partial charge in [0.1, 0.15) is 0 Å². The molecule has 2 rings (SSSR count). The molecule has 1 aromatic rings. The van der Waals surface area contributed by atoms with Crippen LogP contribution in [0.4, 0.5) is 0 Å². The lowest BCUT2D eigenvalue weighted by molar-refractivity contribution is 0.0675. The zero-order valence-electron chi connectivity index (χ0n) is 10.4. The number of aliphatic hydroxyl groups is 2. The van der Waals surface area contributed by atoms with E-state index in [-0.39, 0.29) is 6.61 Å². The van der Waals surface area contributed by atoms with Crippen LogP contribution in [0.1, 0.15) is 24.5 Å². The normalized spacial score (nSPS) is 22.9. The molecular weight excluding hydrogens is 294 g/mol. The van der Waals surface area contributed by atoms with E-state index in [4.69, 9.17) is 0 Å².